The number of carbonyl (C=O) groups excluding carboxylic acids is 1. The smallest absolute Gasteiger partial charge is 0.467 e. The third-order valence-corrected chi connectivity index (χ3v) is 1.90. The van der Waals surface area contributed by atoms with Crippen LogP contribution in [0, 0.1) is 0 Å². The number of benzene rings is 1. The molecule has 0 radical (unpaired) electrons. The highest BCUT2D eigenvalue weighted by molar-refractivity contribution is 5.97. The van der Waals surface area contributed by atoms with Crippen molar-refractivity contribution in [1.82, 2.24) is 0 Å². The van der Waals surface area contributed by atoms with Crippen molar-refractivity contribution in [2.45, 2.75) is 13.3 Å². The van der Waals surface area contributed by atoms with Gasteiger partial charge in [0, 0.05) is 13.2 Å². The molecule has 0 amide bonds. The summed E-state index contributed by atoms with van der Waals surface area (Å²) in [6, 6.07) is 3.24. The molecule has 0 N–H and O–H groups in total. The second kappa shape index (κ2) is 5.72. The molecule has 0 atom stereocenters. The van der Waals surface area contributed by atoms with Gasteiger partial charge in [0.05, 0.1) is 5.56 Å². The number of rotatable bonds is 5. The van der Waals surface area contributed by atoms with Gasteiger partial charge in [0.15, 0.2) is 12.6 Å². The fourth-order valence-corrected chi connectivity index (χ4v) is 1.23. The lowest BCUT2D eigenvalue weighted by Gasteiger charge is -2.13. The molecule has 1 aromatic rings. The minimum atomic E-state index is -4.80. The average Bonchev–Trinajstić information content (AvgIpc) is 2.23. The van der Waals surface area contributed by atoms with E-state index in [9.17, 15) is 18.0 Å². The van der Waals surface area contributed by atoms with Crippen molar-refractivity contribution in [2.75, 3.05) is 13.9 Å². The quantitative estimate of drug-likeness (QED) is 0.606. The molecule has 18 heavy (non-hydrogen) atoms. The van der Waals surface area contributed by atoms with Crippen molar-refractivity contribution >= 4 is 5.78 Å². The van der Waals surface area contributed by atoms with Crippen LogP contribution >= 0.6 is 0 Å². The molecule has 1 rings (SSSR count). The van der Waals surface area contributed by atoms with Gasteiger partial charge in [-0.15, -0.1) is 13.2 Å². The Hall–Kier alpha value is -1.76. The Morgan fingerprint density at radius 2 is 2.00 bits per heavy atom. The molecule has 1 aromatic carbocycles. The van der Waals surface area contributed by atoms with E-state index in [1.54, 1.807) is 0 Å². The van der Waals surface area contributed by atoms with E-state index in [1.165, 1.54) is 20.1 Å². The fraction of sp³-hybridized carbons (Fsp3) is 0.364. The molecule has 4 nitrogen and oxygen atoms in total. The van der Waals surface area contributed by atoms with Crippen LogP contribution in [-0.4, -0.2) is 26.0 Å². The molecule has 0 unspecified atom stereocenters. The van der Waals surface area contributed by atoms with Crippen LogP contribution < -0.4 is 9.47 Å². The Morgan fingerprint density at radius 1 is 1.33 bits per heavy atom. The van der Waals surface area contributed by atoms with Crippen LogP contribution in [0.3, 0.4) is 0 Å². The zero-order chi connectivity index (χ0) is 13.8. The number of ether oxygens (including phenoxy) is 3. The molecule has 0 aromatic heterocycles. The van der Waals surface area contributed by atoms with Crippen LogP contribution in [0.4, 0.5) is 13.2 Å². The lowest BCUT2D eigenvalue weighted by atomic mass is 10.1. The second-order valence-corrected chi connectivity index (χ2v) is 3.31. The summed E-state index contributed by atoms with van der Waals surface area (Å²) >= 11 is 0. The number of halogens is 3. The number of methoxy groups -OCH3 is 1. The lowest BCUT2D eigenvalue weighted by Crippen LogP contribution is -2.17. The zero-order valence-electron chi connectivity index (χ0n) is 9.71. The minimum Gasteiger partial charge on any atom is -0.467 e. The SMILES string of the molecule is COCOc1cc(OC(F)(F)F)ccc1C(C)=O. The van der Waals surface area contributed by atoms with E-state index in [4.69, 9.17) is 4.74 Å². The van der Waals surface area contributed by atoms with E-state index < -0.39 is 12.1 Å². The Bertz CT molecular complexity index is 429. The number of hydrogen-bond donors (Lipinski definition) is 0. The molecule has 100 valence electrons. The first kappa shape index (κ1) is 14.3. The maximum Gasteiger partial charge on any atom is 0.573 e. The van der Waals surface area contributed by atoms with Crippen LogP contribution in [0.15, 0.2) is 18.2 Å². The molecule has 0 aliphatic carbocycles. The van der Waals surface area contributed by atoms with Gasteiger partial charge >= 0.3 is 6.36 Å². The van der Waals surface area contributed by atoms with Crippen LogP contribution in [0.2, 0.25) is 0 Å². The molecule has 0 heterocycles. The molecule has 0 spiro atoms. The van der Waals surface area contributed by atoms with E-state index in [2.05, 4.69) is 9.47 Å². The monoisotopic (exact) mass is 264 g/mol. The number of carbonyl (C=O) groups is 1. The first-order valence-corrected chi connectivity index (χ1v) is 4.86. The van der Waals surface area contributed by atoms with Crippen molar-refractivity contribution in [1.29, 1.82) is 0 Å². The fourth-order valence-electron chi connectivity index (χ4n) is 1.23. The molecular weight excluding hydrogens is 253 g/mol. The summed E-state index contributed by atoms with van der Waals surface area (Å²) in [6.07, 6.45) is -4.80. The van der Waals surface area contributed by atoms with Gasteiger partial charge < -0.3 is 14.2 Å². The van der Waals surface area contributed by atoms with Gasteiger partial charge in [-0.05, 0) is 19.1 Å². The van der Waals surface area contributed by atoms with Crippen molar-refractivity contribution in [3.63, 3.8) is 0 Å². The number of Topliss-reactive ketones (excluding diaryl/α,β-unsaturated/α-hetero) is 1. The maximum atomic E-state index is 12.0. The Kier molecular flexibility index (Phi) is 4.55. The molecule has 0 aliphatic heterocycles. The summed E-state index contributed by atoms with van der Waals surface area (Å²) in [6.45, 7) is 1.09. The Balaban J connectivity index is 3.01. The van der Waals surface area contributed by atoms with Crippen molar-refractivity contribution in [3.8, 4) is 11.5 Å². The van der Waals surface area contributed by atoms with Crippen LogP contribution in [0.5, 0.6) is 11.5 Å². The van der Waals surface area contributed by atoms with E-state index in [0.29, 0.717) is 0 Å². The van der Waals surface area contributed by atoms with Crippen molar-refractivity contribution < 1.29 is 32.2 Å². The van der Waals surface area contributed by atoms with Crippen molar-refractivity contribution in [3.05, 3.63) is 23.8 Å². The number of ketones is 1. The normalized spacial score (nSPS) is 11.2. The van der Waals surface area contributed by atoms with Crippen molar-refractivity contribution in [2.24, 2.45) is 0 Å². The van der Waals surface area contributed by atoms with Gasteiger partial charge in [-0.25, -0.2) is 0 Å². The van der Waals surface area contributed by atoms with E-state index in [-0.39, 0.29) is 23.9 Å². The average molecular weight is 264 g/mol. The number of alkyl halides is 3. The highest BCUT2D eigenvalue weighted by atomic mass is 19.4. The standard InChI is InChI=1S/C11H11F3O4/c1-7(15)9-4-3-8(18-11(12,13)14)5-10(9)17-6-16-2/h3-5H,6H2,1-2H3. The molecule has 0 saturated heterocycles. The largest absolute Gasteiger partial charge is 0.573 e. The van der Waals surface area contributed by atoms with Gasteiger partial charge in [0.25, 0.3) is 0 Å². The van der Waals surface area contributed by atoms with Crippen LogP contribution in [-0.2, 0) is 4.74 Å². The van der Waals surface area contributed by atoms with Gasteiger partial charge in [0.2, 0.25) is 0 Å². The first-order chi connectivity index (χ1) is 8.33. The van der Waals surface area contributed by atoms with Crippen LogP contribution in [0.25, 0.3) is 0 Å². The Morgan fingerprint density at radius 3 is 2.50 bits per heavy atom. The first-order valence-electron chi connectivity index (χ1n) is 4.86. The molecule has 0 fully saturated rings. The second-order valence-electron chi connectivity index (χ2n) is 3.31. The van der Waals surface area contributed by atoms with Crippen LogP contribution in [0.1, 0.15) is 17.3 Å². The summed E-state index contributed by atoms with van der Waals surface area (Å²) in [7, 11) is 1.35. The molecule has 0 aliphatic rings. The third-order valence-electron chi connectivity index (χ3n) is 1.90. The van der Waals surface area contributed by atoms with E-state index in [0.717, 1.165) is 12.1 Å². The molecule has 0 bridgehead atoms. The molecule has 0 saturated carbocycles. The predicted molar refractivity (Wildman–Crippen MR) is 55.6 cm³/mol. The molecule has 7 heteroatoms. The third kappa shape index (κ3) is 4.25. The summed E-state index contributed by atoms with van der Waals surface area (Å²) in [5, 5.41) is 0. The van der Waals surface area contributed by atoms with Gasteiger partial charge in [0.1, 0.15) is 11.5 Å². The van der Waals surface area contributed by atoms with E-state index in [1.807, 2.05) is 0 Å². The minimum absolute atomic E-state index is 0.0221. The summed E-state index contributed by atoms with van der Waals surface area (Å²) < 4.78 is 49.5. The predicted octanol–water partition coefficient (Wildman–Crippen LogP) is 2.77. The maximum absolute atomic E-state index is 12.0. The lowest BCUT2D eigenvalue weighted by molar-refractivity contribution is -0.274. The highest BCUT2D eigenvalue weighted by Gasteiger charge is 2.31. The zero-order valence-corrected chi connectivity index (χ0v) is 9.71. The van der Waals surface area contributed by atoms with Gasteiger partial charge in [-0.1, -0.05) is 0 Å². The highest BCUT2D eigenvalue weighted by Crippen LogP contribution is 2.29. The number of hydrogen-bond acceptors (Lipinski definition) is 4. The van der Waals surface area contributed by atoms with Gasteiger partial charge in [-0.2, -0.15) is 0 Å². The summed E-state index contributed by atoms with van der Waals surface area (Å²) in [5.41, 5.74) is 0.154. The van der Waals surface area contributed by atoms with E-state index >= 15 is 0 Å². The van der Waals surface area contributed by atoms with Gasteiger partial charge in [-0.3, -0.25) is 4.79 Å². The summed E-state index contributed by atoms with van der Waals surface area (Å²) in [4.78, 5) is 11.2. The summed E-state index contributed by atoms with van der Waals surface area (Å²) in [5.74, 6) is -0.815. The topological polar surface area (TPSA) is 44.8 Å². The molecular formula is C11H11F3O4. The Labute approximate surface area is 101 Å².